The van der Waals surface area contributed by atoms with Gasteiger partial charge < -0.3 is 14.2 Å². The van der Waals surface area contributed by atoms with Gasteiger partial charge in [-0.05, 0) is 25.2 Å². The fraction of sp³-hybridized carbons (Fsp3) is 0.941. The van der Waals surface area contributed by atoms with Crippen molar-refractivity contribution < 1.29 is 28.6 Å². The van der Waals surface area contributed by atoms with Crippen molar-refractivity contribution in [3.05, 3.63) is 0 Å². The van der Waals surface area contributed by atoms with Crippen molar-refractivity contribution in [2.45, 2.75) is 291 Å². The minimum Gasteiger partial charge on any atom is -0.462 e. The second kappa shape index (κ2) is 45.5. The third kappa shape index (κ3) is 45.3. The molecule has 0 aliphatic heterocycles. The quantitative estimate of drug-likeness (QED) is 0.0346. The Bertz CT molecular complexity index is 857. The zero-order chi connectivity index (χ0) is 41.7. The number of ether oxygens (including phenoxy) is 3. The third-order valence-electron chi connectivity index (χ3n) is 11.5. The van der Waals surface area contributed by atoms with Gasteiger partial charge in [0.25, 0.3) is 0 Å². The monoisotopic (exact) mass is 807 g/mol. The van der Waals surface area contributed by atoms with E-state index in [1.807, 2.05) is 0 Å². The summed E-state index contributed by atoms with van der Waals surface area (Å²) in [6.45, 7) is 9.02. The zero-order valence-electron chi connectivity index (χ0n) is 38.8. The number of hydrogen-bond acceptors (Lipinski definition) is 6. The molecule has 0 heterocycles. The Kier molecular flexibility index (Phi) is 44.2. The predicted octanol–water partition coefficient (Wildman–Crippen LogP) is 16.3. The molecule has 6 heteroatoms. The van der Waals surface area contributed by atoms with E-state index in [1.165, 1.54) is 180 Å². The summed E-state index contributed by atoms with van der Waals surface area (Å²) in [4.78, 5) is 37.8. The first-order valence-electron chi connectivity index (χ1n) is 25.4. The second-order valence-corrected chi connectivity index (χ2v) is 17.9. The molecule has 0 bridgehead atoms. The van der Waals surface area contributed by atoms with Gasteiger partial charge in [0.05, 0.1) is 0 Å². The first-order chi connectivity index (χ1) is 27.9. The van der Waals surface area contributed by atoms with Crippen molar-refractivity contribution in [2.24, 2.45) is 5.92 Å². The standard InChI is InChI=1S/C51H98O6/c1-5-7-9-11-13-15-17-23-28-32-36-40-44-51(54)57-48(45-55-49(52)42-38-34-30-26-16-14-12-10-8-6-2)46-56-50(53)43-39-35-31-27-24-21-19-18-20-22-25-29-33-37-41-47(3)4/h47-48H,5-46H2,1-4H3/t48-/m1/s1. The average molecular weight is 807 g/mol. The Morgan fingerprint density at radius 3 is 0.860 bits per heavy atom. The van der Waals surface area contributed by atoms with Gasteiger partial charge in [0.1, 0.15) is 13.2 Å². The lowest BCUT2D eigenvalue weighted by atomic mass is 10.0. The average Bonchev–Trinajstić information content (AvgIpc) is 3.19. The van der Waals surface area contributed by atoms with Gasteiger partial charge in [-0.2, -0.15) is 0 Å². The highest BCUT2D eigenvalue weighted by molar-refractivity contribution is 5.71. The molecule has 0 saturated carbocycles. The number of carbonyl (C=O) groups is 3. The fourth-order valence-electron chi connectivity index (χ4n) is 7.69. The van der Waals surface area contributed by atoms with E-state index in [-0.39, 0.29) is 31.1 Å². The molecule has 0 aliphatic carbocycles. The third-order valence-corrected chi connectivity index (χ3v) is 11.5. The van der Waals surface area contributed by atoms with E-state index in [1.54, 1.807) is 0 Å². The number of hydrogen-bond donors (Lipinski definition) is 0. The molecule has 338 valence electrons. The van der Waals surface area contributed by atoms with Crippen LogP contribution in [0.2, 0.25) is 0 Å². The van der Waals surface area contributed by atoms with Crippen LogP contribution in [0.15, 0.2) is 0 Å². The van der Waals surface area contributed by atoms with Gasteiger partial charge in [-0.15, -0.1) is 0 Å². The molecule has 0 aliphatic rings. The second-order valence-electron chi connectivity index (χ2n) is 17.9. The maximum Gasteiger partial charge on any atom is 0.306 e. The van der Waals surface area contributed by atoms with Gasteiger partial charge in [0.15, 0.2) is 6.10 Å². The summed E-state index contributed by atoms with van der Waals surface area (Å²) in [5.74, 6) is -0.00224. The Morgan fingerprint density at radius 2 is 0.579 bits per heavy atom. The SMILES string of the molecule is CCCCCCCCCCCCCCC(=O)O[C@H](COC(=O)CCCCCCCCCCCC)COC(=O)CCCCCCCCCCCCCCCCC(C)C. The molecule has 6 nitrogen and oxygen atoms in total. The maximum atomic E-state index is 12.7. The van der Waals surface area contributed by atoms with Gasteiger partial charge in [0, 0.05) is 19.3 Å². The molecule has 57 heavy (non-hydrogen) atoms. The molecule has 0 aromatic carbocycles. The van der Waals surface area contributed by atoms with Crippen LogP contribution in [-0.2, 0) is 28.6 Å². The highest BCUT2D eigenvalue weighted by atomic mass is 16.6. The molecule has 0 aromatic rings. The van der Waals surface area contributed by atoms with Crippen LogP contribution in [-0.4, -0.2) is 37.2 Å². The minimum atomic E-state index is -0.759. The van der Waals surface area contributed by atoms with Crippen LogP contribution in [0.5, 0.6) is 0 Å². The summed E-state index contributed by atoms with van der Waals surface area (Å²) in [5.41, 5.74) is 0. The normalized spacial score (nSPS) is 11.9. The molecular weight excluding hydrogens is 709 g/mol. The zero-order valence-corrected chi connectivity index (χ0v) is 38.8. The van der Waals surface area contributed by atoms with Gasteiger partial charge in [0.2, 0.25) is 0 Å². The van der Waals surface area contributed by atoms with Crippen molar-refractivity contribution in [1.82, 2.24) is 0 Å². The van der Waals surface area contributed by atoms with Crippen LogP contribution in [0.3, 0.4) is 0 Å². The Hall–Kier alpha value is -1.59. The minimum absolute atomic E-state index is 0.0628. The molecule has 0 aromatic heterocycles. The summed E-state index contributed by atoms with van der Waals surface area (Å²) >= 11 is 0. The van der Waals surface area contributed by atoms with Gasteiger partial charge >= 0.3 is 17.9 Å². The van der Waals surface area contributed by atoms with Gasteiger partial charge in [-0.1, -0.05) is 246 Å². The molecular formula is C51H98O6. The molecule has 0 amide bonds. The van der Waals surface area contributed by atoms with Gasteiger partial charge in [-0.3, -0.25) is 14.4 Å². The summed E-state index contributed by atoms with van der Waals surface area (Å²) < 4.78 is 16.8. The molecule has 0 radical (unpaired) electrons. The van der Waals surface area contributed by atoms with Crippen LogP contribution < -0.4 is 0 Å². The summed E-state index contributed by atoms with van der Waals surface area (Å²) in [7, 11) is 0. The van der Waals surface area contributed by atoms with Crippen molar-refractivity contribution in [1.29, 1.82) is 0 Å². The van der Waals surface area contributed by atoms with E-state index in [0.717, 1.165) is 63.7 Å². The first-order valence-corrected chi connectivity index (χ1v) is 25.4. The van der Waals surface area contributed by atoms with E-state index < -0.39 is 6.10 Å². The summed E-state index contributed by atoms with van der Waals surface area (Å²) in [6, 6.07) is 0. The lowest BCUT2D eigenvalue weighted by Gasteiger charge is -2.18. The van der Waals surface area contributed by atoms with Crippen LogP contribution in [0.1, 0.15) is 285 Å². The Labute approximate surface area is 355 Å². The lowest BCUT2D eigenvalue weighted by molar-refractivity contribution is -0.167. The molecule has 1 atom stereocenters. The number of rotatable bonds is 46. The molecule has 0 N–H and O–H groups in total. The number of esters is 3. The van der Waals surface area contributed by atoms with E-state index in [4.69, 9.17) is 14.2 Å². The van der Waals surface area contributed by atoms with E-state index >= 15 is 0 Å². The first kappa shape index (κ1) is 55.4. The molecule has 0 saturated heterocycles. The molecule has 0 unspecified atom stereocenters. The van der Waals surface area contributed by atoms with E-state index in [0.29, 0.717) is 19.3 Å². The topological polar surface area (TPSA) is 78.9 Å². The van der Waals surface area contributed by atoms with Crippen LogP contribution >= 0.6 is 0 Å². The number of carbonyl (C=O) groups excluding carboxylic acids is 3. The van der Waals surface area contributed by atoms with Crippen molar-refractivity contribution in [2.75, 3.05) is 13.2 Å². The molecule has 0 rings (SSSR count). The van der Waals surface area contributed by atoms with Crippen molar-refractivity contribution in [3.8, 4) is 0 Å². The maximum absolute atomic E-state index is 12.7. The van der Waals surface area contributed by atoms with Crippen LogP contribution in [0.4, 0.5) is 0 Å². The summed E-state index contributed by atoms with van der Waals surface area (Å²) in [5, 5.41) is 0. The van der Waals surface area contributed by atoms with Gasteiger partial charge in [-0.25, -0.2) is 0 Å². The smallest absolute Gasteiger partial charge is 0.306 e. The van der Waals surface area contributed by atoms with E-state index in [2.05, 4.69) is 27.7 Å². The lowest BCUT2D eigenvalue weighted by Crippen LogP contribution is -2.30. The Morgan fingerprint density at radius 1 is 0.333 bits per heavy atom. The molecule has 0 spiro atoms. The van der Waals surface area contributed by atoms with Crippen LogP contribution in [0, 0.1) is 5.92 Å². The largest absolute Gasteiger partial charge is 0.462 e. The highest BCUT2D eigenvalue weighted by Crippen LogP contribution is 2.17. The van der Waals surface area contributed by atoms with E-state index in [9.17, 15) is 14.4 Å². The summed E-state index contributed by atoms with van der Waals surface area (Å²) in [6.07, 6.45) is 46.6. The predicted molar refractivity (Wildman–Crippen MR) is 243 cm³/mol. The van der Waals surface area contributed by atoms with Crippen molar-refractivity contribution in [3.63, 3.8) is 0 Å². The van der Waals surface area contributed by atoms with Crippen molar-refractivity contribution >= 4 is 17.9 Å². The fourth-order valence-corrected chi connectivity index (χ4v) is 7.69. The Balaban J connectivity index is 4.26. The van der Waals surface area contributed by atoms with Crippen LogP contribution in [0.25, 0.3) is 0 Å². The number of unbranched alkanes of at least 4 members (excludes halogenated alkanes) is 33. The molecule has 0 fully saturated rings. The highest BCUT2D eigenvalue weighted by Gasteiger charge is 2.19.